The summed E-state index contributed by atoms with van der Waals surface area (Å²) in [6.45, 7) is 3.73. The SMILES string of the molecule is Cc1ccnc2nc(C(=O)N[C@H](C)c3cc4ccccc4o3)nn12. The van der Waals surface area contributed by atoms with Gasteiger partial charge in [-0.1, -0.05) is 18.2 Å². The summed E-state index contributed by atoms with van der Waals surface area (Å²) >= 11 is 0. The van der Waals surface area contributed by atoms with Crippen LogP contribution >= 0.6 is 0 Å². The fourth-order valence-corrected chi connectivity index (χ4v) is 2.55. The molecule has 7 nitrogen and oxygen atoms in total. The lowest BCUT2D eigenvalue weighted by atomic mass is 10.2. The van der Waals surface area contributed by atoms with E-state index in [-0.39, 0.29) is 17.8 Å². The minimum Gasteiger partial charge on any atom is -0.459 e. The number of hydrogen-bond donors (Lipinski definition) is 1. The van der Waals surface area contributed by atoms with Gasteiger partial charge in [0.25, 0.3) is 11.7 Å². The summed E-state index contributed by atoms with van der Waals surface area (Å²) in [5.41, 5.74) is 1.65. The van der Waals surface area contributed by atoms with Gasteiger partial charge in [0.2, 0.25) is 5.82 Å². The first-order chi connectivity index (χ1) is 11.6. The Bertz CT molecular complexity index is 1020. The van der Waals surface area contributed by atoms with Crippen molar-refractivity contribution < 1.29 is 9.21 Å². The molecule has 7 heteroatoms. The predicted molar refractivity (Wildman–Crippen MR) is 87.6 cm³/mol. The van der Waals surface area contributed by atoms with Crippen LogP contribution in [0.2, 0.25) is 0 Å². The molecule has 4 aromatic rings. The molecule has 0 spiro atoms. The first-order valence-corrected chi connectivity index (χ1v) is 7.59. The molecule has 0 bridgehead atoms. The van der Waals surface area contributed by atoms with Gasteiger partial charge in [0, 0.05) is 17.3 Å². The fourth-order valence-electron chi connectivity index (χ4n) is 2.55. The third-order valence-electron chi connectivity index (χ3n) is 3.85. The standard InChI is InChI=1S/C17H15N5O2/c1-10-7-8-18-17-20-15(21-22(10)17)16(23)19-11(2)14-9-12-5-3-4-6-13(12)24-14/h3-9,11H,1-2H3,(H,19,23)/t11-/m1/s1. The third kappa shape index (κ3) is 2.40. The van der Waals surface area contributed by atoms with E-state index in [4.69, 9.17) is 4.42 Å². The number of para-hydroxylation sites is 1. The predicted octanol–water partition coefficient (Wildman–Crippen LogP) is 2.67. The number of hydrogen-bond acceptors (Lipinski definition) is 5. The second-order valence-corrected chi connectivity index (χ2v) is 5.62. The van der Waals surface area contributed by atoms with Crippen LogP contribution in [0.5, 0.6) is 0 Å². The molecule has 0 unspecified atom stereocenters. The monoisotopic (exact) mass is 321 g/mol. The Hall–Kier alpha value is -3.22. The Morgan fingerprint density at radius 3 is 2.92 bits per heavy atom. The van der Waals surface area contributed by atoms with Crippen molar-refractivity contribution in [2.45, 2.75) is 19.9 Å². The number of carbonyl (C=O) groups is 1. The second kappa shape index (κ2) is 5.45. The highest BCUT2D eigenvalue weighted by atomic mass is 16.3. The van der Waals surface area contributed by atoms with Gasteiger partial charge in [-0.2, -0.15) is 4.98 Å². The first kappa shape index (κ1) is 14.4. The highest BCUT2D eigenvalue weighted by Gasteiger charge is 2.19. The molecule has 3 heterocycles. The van der Waals surface area contributed by atoms with Gasteiger partial charge in [0.15, 0.2) is 0 Å². The van der Waals surface area contributed by atoms with E-state index in [2.05, 4.69) is 20.4 Å². The molecule has 0 fully saturated rings. The zero-order valence-corrected chi connectivity index (χ0v) is 13.2. The molecule has 1 aromatic carbocycles. The maximum atomic E-state index is 12.4. The first-order valence-electron chi connectivity index (χ1n) is 7.59. The quantitative estimate of drug-likeness (QED) is 0.627. The van der Waals surface area contributed by atoms with E-state index in [1.807, 2.05) is 44.2 Å². The van der Waals surface area contributed by atoms with E-state index in [0.29, 0.717) is 11.5 Å². The third-order valence-corrected chi connectivity index (χ3v) is 3.85. The fraction of sp³-hybridized carbons (Fsp3) is 0.176. The Morgan fingerprint density at radius 2 is 2.12 bits per heavy atom. The van der Waals surface area contributed by atoms with Crippen LogP contribution in [0.25, 0.3) is 16.7 Å². The van der Waals surface area contributed by atoms with Crippen molar-refractivity contribution >= 4 is 22.7 Å². The summed E-state index contributed by atoms with van der Waals surface area (Å²) in [7, 11) is 0. The number of aromatic nitrogens is 4. The molecule has 120 valence electrons. The molecule has 0 aliphatic carbocycles. The lowest BCUT2D eigenvalue weighted by Crippen LogP contribution is -2.27. The van der Waals surface area contributed by atoms with Crippen molar-refractivity contribution in [1.29, 1.82) is 0 Å². The topological polar surface area (TPSA) is 85.3 Å². The number of aryl methyl sites for hydroxylation is 1. The van der Waals surface area contributed by atoms with Crippen molar-refractivity contribution in [2.24, 2.45) is 0 Å². The number of amides is 1. The van der Waals surface area contributed by atoms with Crippen LogP contribution in [0.4, 0.5) is 0 Å². The van der Waals surface area contributed by atoms with Crippen LogP contribution in [0.1, 0.15) is 35.0 Å². The lowest BCUT2D eigenvalue weighted by Gasteiger charge is -2.09. The molecule has 1 amide bonds. The van der Waals surface area contributed by atoms with Crippen molar-refractivity contribution in [3.8, 4) is 0 Å². The molecule has 1 atom stereocenters. The second-order valence-electron chi connectivity index (χ2n) is 5.62. The van der Waals surface area contributed by atoms with Crippen LogP contribution < -0.4 is 5.32 Å². The van der Waals surface area contributed by atoms with Gasteiger partial charge in [-0.05, 0) is 32.0 Å². The number of carbonyl (C=O) groups excluding carboxylic acids is 1. The van der Waals surface area contributed by atoms with E-state index in [1.165, 1.54) is 0 Å². The molecule has 3 aromatic heterocycles. The number of furan rings is 1. The lowest BCUT2D eigenvalue weighted by molar-refractivity contribution is 0.0925. The molecule has 1 N–H and O–H groups in total. The molecule has 0 aliphatic heterocycles. The summed E-state index contributed by atoms with van der Waals surface area (Å²) in [4.78, 5) is 20.7. The van der Waals surface area contributed by atoms with Crippen LogP contribution in [0.3, 0.4) is 0 Å². The van der Waals surface area contributed by atoms with Gasteiger partial charge in [0.05, 0.1) is 6.04 Å². The van der Waals surface area contributed by atoms with Gasteiger partial charge in [-0.3, -0.25) is 4.79 Å². The summed E-state index contributed by atoms with van der Waals surface area (Å²) in [5.74, 6) is 0.798. The minimum atomic E-state index is -0.368. The van der Waals surface area contributed by atoms with E-state index < -0.39 is 0 Å². The zero-order valence-electron chi connectivity index (χ0n) is 13.2. The van der Waals surface area contributed by atoms with Gasteiger partial charge < -0.3 is 9.73 Å². The number of rotatable bonds is 3. The highest BCUT2D eigenvalue weighted by molar-refractivity contribution is 5.91. The number of nitrogens with zero attached hydrogens (tertiary/aromatic N) is 4. The summed E-state index contributed by atoms with van der Waals surface area (Å²) < 4.78 is 7.31. The number of fused-ring (bicyclic) bond motifs is 2. The maximum absolute atomic E-state index is 12.4. The van der Waals surface area contributed by atoms with Crippen LogP contribution in [-0.2, 0) is 0 Å². The average molecular weight is 321 g/mol. The van der Waals surface area contributed by atoms with Crippen LogP contribution in [0, 0.1) is 6.92 Å². The molecule has 0 aliphatic rings. The molecule has 24 heavy (non-hydrogen) atoms. The Labute approximate surface area is 137 Å². The average Bonchev–Trinajstić information content (AvgIpc) is 3.19. The Balaban J connectivity index is 1.58. The van der Waals surface area contributed by atoms with Gasteiger partial charge in [-0.25, -0.2) is 9.50 Å². The number of nitrogens with one attached hydrogen (secondary N) is 1. The molecular formula is C17H15N5O2. The zero-order chi connectivity index (χ0) is 16.7. The molecule has 0 saturated carbocycles. The smallest absolute Gasteiger partial charge is 0.291 e. The summed E-state index contributed by atoms with van der Waals surface area (Å²) in [6.07, 6.45) is 1.64. The maximum Gasteiger partial charge on any atom is 0.291 e. The van der Waals surface area contributed by atoms with Crippen molar-refractivity contribution in [3.63, 3.8) is 0 Å². The van der Waals surface area contributed by atoms with Gasteiger partial charge >= 0.3 is 0 Å². The van der Waals surface area contributed by atoms with E-state index in [9.17, 15) is 4.79 Å². The minimum absolute atomic E-state index is 0.0831. The Morgan fingerprint density at radius 1 is 1.29 bits per heavy atom. The Kier molecular flexibility index (Phi) is 3.26. The normalized spacial score (nSPS) is 12.6. The highest BCUT2D eigenvalue weighted by Crippen LogP contribution is 2.23. The van der Waals surface area contributed by atoms with E-state index in [1.54, 1.807) is 16.8 Å². The van der Waals surface area contributed by atoms with Crippen molar-refractivity contribution in [3.05, 3.63) is 59.9 Å². The van der Waals surface area contributed by atoms with E-state index in [0.717, 1.165) is 16.7 Å². The molecule has 0 radical (unpaired) electrons. The van der Waals surface area contributed by atoms with Crippen molar-refractivity contribution in [1.82, 2.24) is 24.9 Å². The molecule has 4 rings (SSSR count). The van der Waals surface area contributed by atoms with Crippen LogP contribution in [0.15, 0.2) is 47.0 Å². The summed E-state index contributed by atoms with van der Waals surface area (Å²) in [5, 5.41) is 8.06. The van der Waals surface area contributed by atoms with E-state index >= 15 is 0 Å². The summed E-state index contributed by atoms with van der Waals surface area (Å²) in [6, 6.07) is 11.1. The van der Waals surface area contributed by atoms with Crippen LogP contribution in [-0.4, -0.2) is 25.5 Å². The molecular weight excluding hydrogens is 306 g/mol. The molecule has 0 saturated heterocycles. The number of benzene rings is 1. The van der Waals surface area contributed by atoms with Gasteiger partial charge in [-0.15, -0.1) is 5.10 Å². The van der Waals surface area contributed by atoms with Crippen molar-refractivity contribution in [2.75, 3.05) is 0 Å². The van der Waals surface area contributed by atoms with Gasteiger partial charge in [0.1, 0.15) is 11.3 Å². The largest absolute Gasteiger partial charge is 0.459 e.